The molecule has 6 nitrogen and oxygen atoms in total. The second kappa shape index (κ2) is 17.3. The summed E-state index contributed by atoms with van der Waals surface area (Å²) in [5.41, 5.74) is 1.42. The fourth-order valence-corrected chi connectivity index (χ4v) is 1.90. The molecule has 0 bridgehead atoms. The lowest BCUT2D eigenvalue weighted by Crippen LogP contribution is -2.04. The zero-order valence-electron chi connectivity index (χ0n) is 17.8. The molecule has 0 aliphatic heterocycles. The van der Waals surface area contributed by atoms with Gasteiger partial charge in [-0.15, -0.1) is 6.58 Å². The van der Waals surface area contributed by atoms with Crippen molar-refractivity contribution in [2.24, 2.45) is 0 Å². The van der Waals surface area contributed by atoms with Gasteiger partial charge in [0.2, 0.25) is 0 Å². The van der Waals surface area contributed by atoms with Gasteiger partial charge in [-0.25, -0.2) is 4.79 Å². The normalized spacial score (nSPS) is 10.3. The summed E-state index contributed by atoms with van der Waals surface area (Å²) in [4.78, 5) is 10.8. The SMILES string of the molecule is C=C(/C=C\C)C(=O)OCC.C=CC/C=C/c1ccc(OCOC)c(OCOC)c1. The Bertz CT molecular complexity index is 676. The summed E-state index contributed by atoms with van der Waals surface area (Å²) in [5.74, 6) is 0.903. The van der Waals surface area contributed by atoms with Gasteiger partial charge in [0.05, 0.1) is 12.2 Å². The molecule has 0 atom stereocenters. The lowest BCUT2D eigenvalue weighted by Gasteiger charge is -2.12. The van der Waals surface area contributed by atoms with Crippen molar-refractivity contribution in [3.63, 3.8) is 0 Å². The minimum absolute atomic E-state index is 0.170. The largest absolute Gasteiger partial charge is 0.464 e. The van der Waals surface area contributed by atoms with E-state index in [0.717, 1.165) is 12.0 Å². The van der Waals surface area contributed by atoms with E-state index in [1.165, 1.54) is 0 Å². The molecule has 160 valence electrons. The number of carbonyl (C=O) groups is 1. The predicted molar refractivity (Wildman–Crippen MR) is 116 cm³/mol. The van der Waals surface area contributed by atoms with Crippen LogP contribution in [-0.2, 0) is 19.0 Å². The van der Waals surface area contributed by atoms with Gasteiger partial charge in [0.25, 0.3) is 0 Å². The highest BCUT2D eigenvalue weighted by molar-refractivity contribution is 5.90. The molecule has 0 saturated heterocycles. The maximum Gasteiger partial charge on any atom is 0.337 e. The maximum atomic E-state index is 10.8. The highest BCUT2D eigenvalue weighted by atomic mass is 16.7. The molecule has 0 spiro atoms. The first-order valence-corrected chi connectivity index (χ1v) is 9.17. The van der Waals surface area contributed by atoms with E-state index in [2.05, 4.69) is 17.9 Å². The quantitative estimate of drug-likeness (QED) is 0.162. The summed E-state index contributed by atoms with van der Waals surface area (Å²) in [6.45, 7) is 11.5. The number of hydrogen-bond donors (Lipinski definition) is 0. The number of rotatable bonds is 12. The number of hydrogen-bond acceptors (Lipinski definition) is 6. The Morgan fingerprint density at radius 3 is 2.31 bits per heavy atom. The molecule has 0 aromatic heterocycles. The average Bonchev–Trinajstić information content (AvgIpc) is 2.72. The van der Waals surface area contributed by atoms with Gasteiger partial charge in [-0.05, 0) is 38.0 Å². The molecule has 0 amide bonds. The van der Waals surface area contributed by atoms with Crippen LogP contribution in [0.5, 0.6) is 11.5 Å². The molecule has 0 unspecified atom stereocenters. The van der Waals surface area contributed by atoms with Crippen LogP contribution in [0.3, 0.4) is 0 Å². The zero-order valence-corrected chi connectivity index (χ0v) is 17.8. The van der Waals surface area contributed by atoms with Gasteiger partial charge in [0.15, 0.2) is 25.1 Å². The second-order valence-corrected chi connectivity index (χ2v) is 5.48. The van der Waals surface area contributed by atoms with Gasteiger partial charge in [-0.1, -0.05) is 43.0 Å². The van der Waals surface area contributed by atoms with E-state index >= 15 is 0 Å². The molecule has 0 fully saturated rings. The zero-order chi connectivity index (χ0) is 21.9. The minimum atomic E-state index is -0.347. The highest BCUT2D eigenvalue weighted by Crippen LogP contribution is 2.29. The fourth-order valence-electron chi connectivity index (χ4n) is 1.90. The van der Waals surface area contributed by atoms with Crippen LogP contribution in [0, 0.1) is 0 Å². The maximum absolute atomic E-state index is 10.8. The molecule has 29 heavy (non-hydrogen) atoms. The Labute approximate surface area is 174 Å². The van der Waals surface area contributed by atoms with Crippen molar-refractivity contribution < 1.29 is 28.5 Å². The van der Waals surface area contributed by atoms with Crippen LogP contribution in [0.1, 0.15) is 25.8 Å². The van der Waals surface area contributed by atoms with Gasteiger partial charge < -0.3 is 23.7 Å². The molecule has 0 aliphatic rings. The molecule has 0 heterocycles. The molecule has 0 saturated carbocycles. The van der Waals surface area contributed by atoms with Gasteiger partial charge >= 0.3 is 5.97 Å². The number of benzene rings is 1. The third-order valence-electron chi connectivity index (χ3n) is 3.15. The van der Waals surface area contributed by atoms with Crippen molar-refractivity contribution in [3.8, 4) is 11.5 Å². The molecular formula is C23H32O6. The highest BCUT2D eigenvalue weighted by Gasteiger charge is 2.06. The average molecular weight is 405 g/mol. The van der Waals surface area contributed by atoms with E-state index in [1.54, 1.807) is 33.3 Å². The smallest absolute Gasteiger partial charge is 0.337 e. The summed E-state index contributed by atoms with van der Waals surface area (Å²) < 4.78 is 25.3. The fraction of sp³-hybridized carbons (Fsp3) is 0.348. The molecular weight excluding hydrogens is 372 g/mol. The first-order valence-electron chi connectivity index (χ1n) is 9.17. The summed E-state index contributed by atoms with van der Waals surface area (Å²) in [5, 5.41) is 0. The first-order chi connectivity index (χ1) is 14.0. The molecule has 1 aromatic carbocycles. The van der Waals surface area contributed by atoms with Gasteiger partial charge in [-0.3, -0.25) is 0 Å². The molecule has 0 radical (unpaired) electrons. The van der Waals surface area contributed by atoms with E-state index in [-0.39, 0.29) is 19.6 Å². The van der Waals surface area contributed by atoms with Gasteiger partial charge in [-0.2, -0.15) is 0 Å². The Morgan fingerprint density at radius 1 is 1.10 bits per heavy atom. The standard InChI is InChI=1S/C15H20O4.C8H12O2/c1-4-5-6-7-13-8-9-14(18-11-16-2)15(10-13)19-12-17-3;1-4-6-7(3)8(9)10-5-2/h4,6-10H,1,5,11-12H2,2-3H3;4,6H,3,5H2,1-2H3/b7-6+;6-4-. The Morgan fingerprint density at radius 2 is 1.76 bits per heavy atom. The van der Waals surface area contributed by atoms with E-state index in [9.17, 15) is 4.79 Å². The number of allylic oxidation sites excluding steroid dienone is 3. The summed E-state index contributed by atoms with van der Waals surface area (Å²) in [6.07, 6.45) is 10.1. The summed E-state index contributed by atoms with van der Waals surface area (Å²) >= 11 is 0. The number of ether oxygens (including phenoxy) is 5. The lowest BCUT2D eigenvalue weighted by molar-refractivity contribution is -0.138. The van der Waals surface area contributed by atoms with Crippen LogP contribution < -0.4 is 9.47 Å². The predicted octanol–water partition coefficient (Wildman–Crippen LogP) is 4.92. The van der Waals surface area contributed by atoms with Gasteiger partial charge in [0, 0.05) is 14.2 Å². The number of carbonyl (C=O) groups excluding carboxylic acids is 1. The Hall–Kier alpha value is -2.83. The second-order valence-electron chi connectivity index (χ2n) is 5.48. The van der Waals surface area contributed by atoms with Crippen LogP contribution in [-0.4, -0.2) is 40.4 Å². The lowest BCUT2D eigenvalue weighted by atomic mass is 10.2. The molecule has 1 rings (SSSR count). The van der Waals surface area contributed by atoms with Crippen LogP contribution in [0.2, 0.25) is 0 Å². The van der Waals surface area contributed by atoms with Crippen molar-refractivity contribution in [1.82, 2.24) is 0 Å². The van der Waals surface area contributed by atoms with Crippen LogP contribution in [0.4, 0.5) is 0 Å². The van der Waals surface area contributed by atoms with Gasteiger partial charge in [0.1, 0.15) is 0 Å². The molecule has 0 aliphatic carbocycles. The third-order valence-corrected chi connectivity index (χ3v) is 3.15. The van der Waals surface area contributed by atoms with Crippen molar-refractivity contribution in [2.75, 3.05) is 34.4 Å². The van der Waals surface area contributed by atoms with Crippen LogP contribution in [0.15, 0.2) is 61.2 Å². The molecule has 0 N–H and O–H groups in total. The number of esters is 1. The monoisotopic (exact) mass is 404 g/mol. The minimum Gasteiger partial charge on any atom is -0.464 e. The first kappa shape index (κ1) is 26.2. The van der Waals surface area contributed by atoms with Crippen molar-refractivity contribution in [3.05, 3.63) is 66.8 Å². The van der Waals surface area contributed by atoms with Crippen molar-refractivity contribution in [2.45, 2.75) is 20.3 Å². The van der Waals surface area contributed by atoms with Crippen molar-refractivity contribution in [1.29, 1.82) is 0 Å². The molecule has 1 aromatic rings. The van der Waals surface area contributed by atoms with E-state index in [0.29, 0.717) is 23.7 Å². The topological polar surface area (TPSA) is 63.2 Å². The van der Waals surface area contributed by atoms with Crippen LogP contribution in [0.25, 0.3) is 6.08 Å². The third kappa shape index (κ3) is 12.3. The van der Waals surface area contributed by atoms with Crippen molar-refractivity contribution >= 4 is 12.0 Å². The Balaban J connectivity index is 0.000000665. The van der Waals surface area contributed by atoms with Crippen LogP contribution >= 0.6 is 0 Å². The molecule has 6 heteroatoms. The van der Waals surface area contributed by atoms with E-state index < -0.39 is 0 Å². The Kier molecular flexibility index (Phi) is 15.6. The summed E-state index contributed by atoms with van der Waals surface area (Å²) in [6, 6.07) is 5.69. The van der Waals surface area contributed by atoms with E-state index in [4.69, 9.17) is 18.9 Å². The number of methoxy groups -OCH3 is 2. The summed E-state index contributed by atoms with van der Waals surface area (Å²) in [7, 11) is 3.14. The van der Waals surface area contributed by atoms with E-state index in [1.807, 2.05) is 43.4 Å².